The van der Waals surface area contributed by atoms with Crippen molar-refractivity contribution in [2.24, 2.45) is 5.92 Å². The molecule has 3 atom stereocenters. The highest BCUT2D eigenvalue weighted by molar-refractivity contribution is 5.41. The van der Waals surface area contributed by atoms with Crippen molar-refractivity contribution in [1.29, 1.82) is 0 Å². The minimum Gasteiger partial charge on any atom is -0.314 e. The molecule has 100 valence electrons. The molecule has 0 bridgehead atoms. The van der Waals surface area contributed by atoms with Gasteiger partial charge >= 0.3 is 0 Å². The Morgan fingerprint density at radius 2 is 1.78 bits per heavy atom. The molecule has 1 fully saturated rings. The van der Waals surface area contributed by atoms with Gasteiger partial charge in [0.15, 0.2) is 0 Å². The number of hydrogen-bond acceptors (Lipinski definition) is 1. The molecule has 1 aliphatic carbocycles. The summed E-state index contributed by atoms with van der Waals surface area (Å²) in [6, 6.07) is 5.40. The summed E-state index contributed by atoms with van der Waals surface area (Å²) in [6.07, 6.45) is 2.54. The highest BCUT2D eigenvalue weighted by Crippen LogP contribution is 2.44. The van der Waals surface area contributed by atoms with Gasteiger partial charge in [0.05, 0.1) is 0 Å². The lowest BCUT2D eigenvalue weighted by Crippen LogP contribution is -2.48. The van der Waals surface area contributed by atoms with Gasteiger partial charge in [-0.15, -0.1) is 0 Å². The van der Waals surface area contributed by atoms with Crippen LogP contribution in [0.4, 0.5) is 0 Å². The zero-order valence-corrected chi connectivity index (χ0v) is 12.5. The molecule has 1 aromatic rings. The first kappa shape index (κ1) is 13.6. The number of nitrogens with one attached hydrogen (secondary N) is 1. The minimum absolute atomic E-state index is 0.732. The van der Waals surface area contributed by atoms with E-state index in [0.717, 1.165) is 24.4 Å². The van der Waals surface area contributed by atoms with Crippen molar-refractivity contribution >= 4 is 0 Å². The fourth-order valence-electron chi connectivity index (χ4n) is 3.54. The van der Waals surface area contributed by atoms with Crippen LogP contribution in [-0.4, -0.2) is 12.6 Å². The average Bonchev–Trinajstić information content (AvgIpc) is 2.30. The van der Waals surface area contributed by atoms with Crippen LogP contribution in [0.15, 0.2) is 12.1 Å². The van der Waals surface area contributed by atoms with Gasteiger partial charge in [0, 0.05) is 6.04 Å². The second-order valence-corrected chi connectivity index (χ2v) is 6.07. The molecule has 1 aliphatic rings. The fourth-order valence-corrected chi connectivity index (χ4v) is 3.54. The average molecular weight is 245 g/mol. The van der Waals surface area contributed by atoms with Crippen LogP contribution in [-0.2, 0) is 0 Å². The van der Waals surface area contributed by atoms with Gasteiger partial charge in [-0.3, -0.25) is 0 Å². The van der Waals surface area contributed by atoms with Crippen molar-refractivity contribution in [1.82, 2.24) is 5.32 Å². The highest BCUT2D eigenvalue weighted by atomic mass is 14.9. The van der Waals surface area contributed by atoms with E-state index in [9.17, 15) is 0 Å². The summed E-state index contributed by atoms with van der Waals surface area (Å²) in [5.74, 6) is 1.54. The molecule has 0 spiro atoms. The molecular formula is C17H27N. The smallest absolute Gasteiger partial charge is 0.0104 e. The molecule has 18 heavy (non-hydrogen) atoms. The Hall–Kier alpha value is -0.820. The molecule has 1 saturated carbocycles. The number of benzene rings is 1. The molecule has 1 heteroatoms. The van der Waals surface area contributed by atoms with Crippen LogP contribution in [0, 0.1) is 26.7 Å². The van der Waals surface area contributed by atoms with Gasteiger partial charge in [-0.25, -0.2) is 0 Å². The van der Waals surface area contributed by atoms with Crippen molar-refractivity contribution in [2.75, 3.05) is 6.54 Å². The highest BCUT2D eigenvalue weighted by Gasteiger charge is 2.39. The summed E-state index contributed by atoms with van der Waals surface area (Å²) < 4.78 is 0. The lowest BCUT2D eigenvalue weighted by atomic mass is 9.65. The van der Waals surface area contributed by atoms with E-state index < -0.39 is 0 Å². The third-order valence-corrected chi connectivity index (χ3v) is 4.54. The van der Waals surface area contributed by atoms with E-state index in [-0.39, 0.29) is 0 Å². The van der Waals surface area contributed by atoms with E-state index >= 15 is 0 Å². The molecule has 2 rings (SSSR count). The van der Waals surface area contributed by atoms with Crippen molar-refractivity contribution < 1.29 is 0 Å². The quantitative estimate of drug-likeness (QED) is 0.842. The predicted molar refractivity (Wildman–Crippen MR) is 79.3 cm³/mol. The van der Waals surface area contributed by atoms with Crippen LogP contribution in [0.3, 0.4) is 0 Å². The molecule has 3 unspecified atom stereocenters. The van der Waals surface area contributed by atoms with E-state index in [4.69, 9.17) is 0 Å². The maximum atomic E-state index is 3.67. The lowest BCUT2D eigenvalue weighted by Gasteiger charge is -2.45. The summed E-state index contributed by atoms with van der Waals surface area (Å²) in [5, 5.41) is 3.67. The largest absolute Gasteiger partial charge is 0.314 e. The van der Waals surface area contributed by atoms with Crippen molar-refractivity contribution in [2.45, 2.75) is 59.4 Å². The number of rotatable bonds is 4. The fraction of sp³-hybridized carbons (Fsp3) is 0.647. The number of aryl methyl sites for hydroxylation is 3. The molecule has 1 aromatic carbocycles. The molecule has 1 N–H and O–H groups in total. The topological polar surface area (TPSA) is 12.0 Å². The molecule has 0 aromatic heterocycles. The SMILES string of the molecule is CCCNC1CC(c2c(C)cc(C)cc2C)C1C. The second kappa shape index (κ2) is 5.44. The molecule has 0 radical (unpaired) electrons. The maximum absolute atomic E-state index is 3.67. The van der Waals surface area contributed by atoms with Crippen LogP contribution in [0.25, 0.3) is 0 Å². The first-order valence-electron chi connectivity index (χ1n) is 7.35. The Bertz CT molecular complexity index is 399. The number of hydrogen-bond donors (Lipinski definition) is 1. The summed E-state index contributed by atoms with van der Waals surface area (Å²) in [5.41, 5.74) is 5.97. The van der Waals surface area contributed by atoms with Crippen LogP contribution >= 0.6 is 0 Å². The molecule has 0 amide bonds. The third kappa shape index (κ3) is 2.47. The lowest BCUT2D eigenvalue weighted by molar-refractivity contribution is 0.184. The van der Waals surface area contributed by atoms with Gasteiger partial charge in [0.25, 0.3) is 0 Å². The van der Waals surface area contributed by atoms with E-state index in [1.807, 2.05) is 0 Å². The Morgan fingerprint density at radius 3 is 2.28 bits per heavy atom. The van der Waals surface area contributed by atoms with E-state index in [0.29, 0.717) is 0 Å². The van der Waals surface area contributed by atoms with Crippen LogP contribution < -0.4 is 5.32 Å². The van der Waals surface area contributed by atoms with Crippen LogP contribution in [0.5, 0.6) is 0 Å². The van der Waals surface area contributed by atoms with Gasteiger partial charge in [0.2, 0.25) is 0 Å². The normalized spacial score (nSPS) is 27.1. The monoisotopic (exact) mass is 245 g/mol. The second-order valence-electron chi connectivity index (χ2n) is 6.07. The van der Waals surface area contributed by atoms with Gasteiger partial charge in [0.1, 0.15) is 0 Å². The molecule has 1 nitrogen and oxygen atoms in total. The van der Waals surface area contributed by atoms with Crippen LogP contribution in [0.2, 0.25) is 0 Å². The van der Waals surface area contributed by atoms with E-state index in [1.165, 1.54) is 29.5 Å². The zero-order chi connectivity index (χ0) is 13.3. The van der Waals surface area contributed by atoms with E-state index in [1.54, 1.807) is 5.56 Å². The maximum Gasteiger partial charge on any atom is 0.0104 e. The van der Waals surface area contributed by atoms with E-state index in [2.05, 4.69) is 52.1 Å². The van der Waals surface area contributed by atoms with Gasteiger partial charge in [-0.05, 0) is 68.7 Å². The third-order valence-electron chi connectivity index (χ3n) is 4.54. The summed E-state index contributed by atoms with van der Waals surface area (Å²) in [6.45, 7) is 12.5. The zero-order valence-electron chi connectivity index (χ0n) is 12.5. The standard InChI is InChI=1S/C17H27N/c1-6-7-18-16-10-15(14(16)5)17-12(3)8-11(2)9-13(17)4/h8-9,14-16,18H,6-7,10H2,1-5H3. The first-order valence-corrected chi connectivity index (χ1v) is 7.35. The summed E-state index contributed by atoms with van der Waals surface area (Å²) in [4.78, 5) is 0. The van der Waals surface area contributed by atoms with Gasteiger partial charge in [-0.1, -0.05) is 31.5 Å². The van der Waals surface area contributed by atoms with Crippen molar-refractivity contribution in [3.63, 3.8) is 0 Å². The molecule has 0 saturated heterocycles. The van der Waals surface area contributed by atoms with Gasteiger partial charge < -0.3 is 5.32 Å². The van der Waals surface area contributed by atoms with Gasteiger partial charge in [-0.2, -0.15) is 0 Å². The Kier molecular flexibility index (Phi) is 4.11. The predicted octanol–water partition coefficient (Wildman–Crippen LogP) is 4.10. The summed E-state index contributed by atoms with van der Waals surface area (Å²) >= 11 is 0. The van der Waals surface area contributed by atoms with Crippen molar-refractivity contribution in [3.05, 3.63) is 34.4 Å². The first-order chi connectivity index (χ1) is 8.54. The Labute approximate surface area is 112 Å². The Balaban J connectivity index is 2.11. The Morgan fingerprint density at radius 1 is 1.17 bits per heavy atom. The molecular weight excluding hydrogens is 218 g/mol. The molecule has 0 heterocycles. The van der Waals surface area contributed by atoms with Crippen molar-refractivity contribution in [3.8, 4) is 0 Å². The van der Waals surface area contributed by atoms with Crippen LogP contribution in [0.1, 0.15) is 54.9 Å². The minimum atomic E-state index is 0.732. The summed E-state index contributed by atoms with van der Waals surface area (Å²) in [7, 11) is 0. The molecule has 0 aliphatic heterocycles.